The molecular weight excluding hydrogens is 348 g/mol. The standard InChI is InChI=1S/C21H20O6/c1-12(9-14-10-13(2)21(23)26-14)5-7-25-20-15-3-4-19(22)27-18(15)11-17-16(20)6-8-24-17/h3-6,8,11,13-14H,7,9-10H2,1-2H3/t13-,14-/m1/s1. The number of ether oxygens (including phenoxy) is 2. The van der Waals surface area contributed by atoms with E-state index in [0.717, 1.165) is 17.4 Å². The molecule has 1 aliphatic rings. The quantitative estimate of drug-likeness (QED) is 0.381. The number of fused-ring (bicyclic) bond motifs is 2. The highest BCUT2D eigenvalue weighted by Crippen LogP contribution is 2.35. The van der Waals surface area contributed by atoms with E-state index in [1.165, 1.54) is 6.07 Å². The molecule has 3 aromatic rings. The Balaban J connectivity index is 1.53. The van der Waals surface area contributed by atoms with Crippen LogP contribution in [0.1, 0.15) is 26.7 Å². The molecule has 1 aromatic carbocycles. The Morgan fingerprint density at radius 1 is 1.22 bits per heavy atom. The zero-order valence-electron chi connectivity index (χ0n) is 15.2. The maximum atomic E-state index is 11.5. The number of benzene rings is 1. The molecule has 2 aromatic heterocycles. The molecule has 0 N–H and O–H groups in total. The molecule has 1 fully saturated rings. The number of esters is 1. The van der Waals surface area contributed by atoms with E-state index in [4.69, 9.17) is 18.3 Å². The monoisotopic (exact) mass is 368 g/mol. The third kappa shape index (κ3) is 3.47. The second-order valence-corrected chi connectivity index (χ2v) is 6.97. The maximum absolute atomic E-state index is 11.5. The Bertz CT molecular complexity index is 1090. The first-order valence-electron chi connectivity index (χ1n) is 8.94. The molecule has 6 heteroatoms. The van der Waals surface area contributed by atoms with E-state index in [-0.39, 0.29) is 18.0 Å². The molecule has 6 nitrogen and oxygen atoms in total. The van der Waals surface area contributed by atoms with Crippen molar-refractivity contribution in [3.8, 4) is 5.75 Å². The van der Waals surface area contributed by atoms with Crippen molar-refractivity contribution in [2.75, 3.05) is 6.61 Å². The van der Waals surface area contributed by atoms with Crippen LogP contribution in [0.4, 0.5) is 0 Å². The number of rotatable bonds is 5. The number of cyclic esters (lactones) is 1. The van der Waals surface area contributed by atoms with Crippen molar-refractivity contribution in [2.45, 2.75) is 32.8 Å². The van der Waals surface area contributed by atoms with Crippen LogP contribution in [0.5, 0.6) is 5.75 Å². The highest BCUT2D eigenvalue weighted by atomic mass is 16.6. The topological polar surface area (TPSA) is 78.9 Å². The smallest absolute Gasteiger partial charge is 0.336 e. The van der Waals surface area contributed by atoms with E-state index in [1.54, 1.807) is 18.4 Å². The van der Waals surface area contributed by atoms with Crippen molar-refractivity contribution >= 4 is 27.9 Å². The van der Waals surface area contributed by atoms with Crippen molar-refractivity contribution in [2.24, 2.45) is 5.92 Å². The first kappa shape index (κ1) is 17.4. The molecule has 0 saturated carbocycles. The van der Waals surface area contributed by atoms with E-state index >= 15 is 0 Å². The van der Waals surface area contributed by atoms with Crippen LogP contribution < -0.4 is 10.4 Å². The highest BCUT2D eigenvalue weighted by Gasteiger charge is 2.30. The van der Waals surface area contributed by atoms with Crippen molar-refractivity contribution in [3.63, 3.8) is 0 Å². The van der Waals surface area contributed by atoms with Gasteiger partial charge in [-0.15, -0.1) is 0 Å². The minimum absolute atomic E-state index is 0.0289. The van der Waals surface area contributed by atoms with Gasteiger partial charge < -0.3 is 18.3 Å². The minimum atomic E-state index is -0.421. The van der Waals surface area contributed by atoms with Gasteiger partial charge in [-0.05, 0) is 31.6 Å². The highest BCUT2D eigenvalue weighted by molar-refractivity contribution is 6.01. The Labute approximate surface area is 155 Å². The number of carbonyl (C=O) groups is 1. The van der Waals surface area contributed by atoms with Gasteiger partial charge in [0, 0.05) is 18.6 Å². The van der Waals surface area contributed by atoms with Gasteiger partial charge in [0.2, 0.25) is 0 Å². The van der Waals surface area contributed by atoms with Crippen LogP contribution in [-0.4, -0.2) is 18.7 Å². The Morgan fingerprint density at radius 3 is 2.81 bits per heavy atom. The Hall–Kier alpha value is -3.02. The third-order valence-electron chi connectivity index (χ3n) is 4.82. The van der Waals surface area contributed by atoms with Crippen LogP contribution in [0, 0.1) is 5.92 Å². The van der Waals surface area contributed by atoms with Crippen molar-refractivity contribution < 1.29 is 23.1 Å². The summed E-state index contributed by atoms with van der Waals surface area (Å²) in [6.45, 7) is 4.23. The molecule has 27 heavy (non-hydrogen) atoms. The van der Waals surface area contributed by atoms with E-state index in [1.807, 2.05) is 26.0 Å². The molecule has 2 atom stereocenters. The SMILES string of the molecule is CC(=CCOc1c2ccoc2cc2oc(=O)ccc12)C[C@@H]1C[C@@H](C)C(=O)O1. The van der Waals surface area contributed by atoms with Gasteiger partial charge in [0.05, 0.1) is 23.0 Å². The summed E-state index contributed by atoms with van der Waals surface area (Å²) < 4.78 is 22.0. The molecule has 3 heterocycles. The summed E-state index contributed by atoms with van der Waals surface area (Å²) in [5, 5.41) is 1.54. The van der Waals surface area contributed by atoms with Crippen molar-refractivity contribution in [3.05, 3.63) is 52.6 Å². The molecule has 140 valence electrons. The summed E-state index contributed by atoms with van der Waals surface area (Å²) >= 11 is 0. The third-order valence-corrected chi connectivity index (χ3v) is 4.82. The van der Waals surface area contributed by atoms with Crippen molar-refractivity contribution in [1.82, 2.24) is 0 Å². The number of carbonyl (C=O) groups excluding carboxylic acids is 1. The van der Waals surface area contributed by atoms with Crippen molar-refractivity contribution in [1.29, 1.82) is 0 Å². The molecule has 0 amide bonds. The van der Waals surface area contributed by atoms with Gasteiger partial charge in [0.1, 0.15) is 29.6 Å². The Kier molecular flexibility index (Phi) is 4.48. The number of furan rings is 1. The largest absolute Gasteiger partial charge is 0.488 e. The lowest BCUT2D eigenvalue weighted by molar-refractivity contribution is -0.143. The zero-order valence-corrected chi connectivity index (χ0v) is 15.2. The van der Waals surface area contributed by atoms with Gasteiger partial charge in [0.25, 0.3) is 0 Å². The maximum Gasteiger partial charge on any atom is 0.336 e. The van der Waals surface area contributed by atoms with E-state index in [2.05, 4.69) is 0 Å². The first-order chi connectivity index (χ1) is 13.0. The van der Waals surface area contributed by atoms with Crippen LogP contribution in [0.25, 0.3) is 21.9 Å². The second-order valence-electron chi connectivity index (χ2n) is 6.97. The molecule has 1 aliphatic heterocycles. The van der Waals surface area contributed by atoms with Crippen LogP contribution in [-0.2, 0) is 9.53 Å². The van der Waals surface area contributed by atoms with Gasteiger partial charge in [-0.1, -0.05) is 12.5 Å². The van der Waals surface area contributed by atoms with Crippen LogP contribution >= 0.6 is 0 Å². The average Bonchev–Trinajstić information content (AvgIpc) is 3.20. The fourth-order valence-electron chi connectivity index (χ4n) is 3.42. The lowest BCUT2D eigenvalue weighted by Crippen LogP contribution is -2.07. The van der Waals surface area contributed by atoms with Gasteiger partial charge in [-0.3, -0.25) is 4.79 Å². The average molecular weight is 368 g/mol. The molecule has 0 aliphatic carbocycles. The summed E-state index contributed by atoms with van der Waals surface area (Å²) in [4.78, 5) is 23.0. The van der Waals surface area contributed by atoms with Gasteiger partial charge in [-0.25, -0.2) is 4.79 Å². The molecular formula is C21H20O6. The van der Waals surface area contributed by atoms with Crippen LogP contribution in [0.15, 0.2) is 55.8 Å². The minimum Gasteiger partial charge on any atom is -0.488 e. The summed E-state index contributed by atoms with van der Waals surface area (Å²) in [5.41, 5.74) is 1.69. The fourth-order valence-corrected chi connectivity index (χ4v) is 3.42. The Morgan fingerprint density at radius 2 is 2.04 bits per heavy atom. The molecule has 4 rings (SSSR count). The molecule has 0 bridgehead atoms. The molecule has 0 spiro atoms. The number of hydrogen-bond donors (Lipinski definition) is 0. The van der Waals surface area contributed by atoms with Gasteiger partial charge >= 0.3 is 11.6 Å². The second kappa shape index (κ2) is 6.95. The lowest BCUT2D eigenvalue weighted by Gasteiger charge is -2.11. The predicted octanol–water partition coefficient (Wildman–Crippen LogP) is 4.21. The van der Waals surface area contributed by atoms with Crippen LogP contribution in [0.3, 0.4) is 0 Å². The van der Waals surface area contributed by atoms with E-state index in [0.29, 0.717) is 35.3 Å². The van der Waals surface area contributed by atoms with E-state index < -0.39 is 5.63 Å². The molecule has 0 unspecified atom stereocenters. The molecule has 1 saturated heterocycles. The lowest BCUT2D eigenvalue weighted by atomic mass is 10.0. The van der Waals surface area contributed by atoms with Gasteiger partial charge in [0.15, 0.2) is 0 Å². The first-order valence-corrected chi connectivity index (χ1v) is 8.94. The summed E-state index contributed by atoms with van der Waals surface area (Å²) in [6.07, 6.45) is 4.94. The zero-order chi connectivity index (χ0) is 19.0. The molecule has 0 radical (unpaired) electrons. The summed E-state index contributed by atoms with van der Waals surface area (Å²) in [5.74, 6) is 0.465. The summed E-state index contributed by atoms with van der Waals surface area (Å²) in [7, 11) is 0. The van der Waals surface area contributed by atoms with Gasteiger partial charge in [-0.2, -0.15) is 0 Å². The normalized spacial score (nSPS) is 20.4. The number of hydrogen-bond acceptors (Lipinski definition) is 6. The fraction of sp³-hybridized carbons (Fsp3) is 0.333. The van der Waals surface area contributed by atoms with E-state index in [9.17, 15) is 9.59 Å². The predicted molar refractivity (Wildman–Crippen MR) is 99.8 cm³/mol. The summed E-state index contributed by atoms with van der Waals surface area (Å²) in [6, 6.07) is 6.58. The van der Waals surface area contributed by atoms with Crippen LogP contribution in [0.2, 0.25) is 0 Å².